The Balaban J connectivity index is 0.000000164. The summed E-state index contributed by atoms with van der Waals surface area (Å²) in [6.07, 6.45) is 6.38. The zero-order chi connectivity index (χ0) is 41.6. The summed E-state index contributed by atoms with van der Waals surface area (Å²) in [6.45, 7) is 11.3. The Kier molecular flexibility index (Phi) is 12.6. The van der Waals surface area contributed by atoms with E-state index in [1.54, 1.807) is 62.4 Å². The van der Waals surface area contributed by atoms with Crippen molar-refractivity contribution in [2.75, 3.05) is 0 Å². The van der Waals surface area contributed by atoms with Gasteiger partial charge in [-0.15, -0.1) is 0 Å². The molecule has 4 saturated carbocycles. The van der Waals surface area contributed by atoms with Gasteiger partial charge >= 0.3 is 11.9 Å². The van der Waals surface area contributed by atoms with E-state index in [9.17, 15) is 28.8 Å². The number of carbonyl (C=O) groups excluding carboxylic acids is 6. The van der Waals surface area contributed by atoms with Gasteiger partial charge in [0.25, 0.3) is 11.8 Å². The summed E-state index contributed by atoms with van der Waals surface area (Å²) in [5, 5.41) is 7.63. The van der Waals surface area contributed by atoms with Gasteiger partial charge in [0.1, 0.15) is 0 Å². The lowest BCUT2D eigenvalue weighted by Crippen LogP contribution is -2.42. The number of carbonyl (C=O) groups is 6. The number of likely N-dealkylation sites (tertiary alicyclic amines) is 1. The Morgan fingerprint density at radius 1 is 0.719 bits per heavy atom. The highest BCUT2D eigenvalue weighted by Crippen LogP contribution is 2.61. The highest BCUT2D eigenvalue weighted by atomic mass is 35.5. The molecule has 6 unspecified atom stereocenters. The van der Waals surface area contributed by atoms with Crippen LogP contribution in [0, 0.1) is 46.3 Å². The molecular weight excluding hydrogens is 767 g/mol. The second-order valence-corrected chi connectivity index (χ2v) is 19.0. The molecule has 4 N–H and O–H groups in total. The number of hydrogen-bond acceptors (Lipinski definition) is 8. The van der Waals surface area contributed by atoms with Gasteiger partial charge in [0.2, 0.25) is 11.8 Å². The number of rotatable bonds is 9. The van der Waals surface area contributed by atoms with E-state index in [1.165, 1.54) is 4.90 Å². The third-order valence-corrected chi connectivity index (χ3v) is 13.6. The monoisotopic (exact) mass is 822 g/mol. The molecule has 2 saturated heterocycles. The number of imide groups is 1. The van der Waals surface area contributed by atoms with Crippen LogP contribution in [0.2, 0.25) is 10.0 Å². The standard InChI is InChI=1S/C22H27ClN2O3.C16H21ClN2O.C6H8O3/c1-4-17(24-20(27)12-5-7-13(23)8-6-12)19-15-9-14(10-16(15)19)25-18(26)11-22(2,3)21(25)28;1-2-14(15-12-7-11(18)8-13(12)15)19-16(20)9-3-5-10(17)6-4-9;1-6(2)3-4(7)9-5(6)8/h5-8,14-17,19H,4,9-11H2,1-3H3,(H,24,27);3-6,11-15H,2,7-8,18H2,1H3,(H,19,20);3H2,1-2H3/t14?,15-,16+,17?,19?;11?,12-,13+,14?,15?;. The number of nitrogens with one attached hydrogen (secondary N) is 2. The fourth-order valence-corrected chi connectivity index (χ4v) is 10.2. The molecule has 2 heterocycles. The Labute approximate surface area is 345 Å². The predicted octanol–water partition coefficient (Wildman–Crippen LogP) is 6.98. The lowest BCUT2D eigenvalue weighted by molar-refractivity contribution is -0.154. The zero-order valence-electron chi connectivity index (χ0n) is 33.7. The highest BCUT2D eigenvalue weighted by molar-refractivity contribution is 6.31. The van der Waals surface area contributed by atoms with E-state index in [-0.39, 0.29) is 48.2 Å². The predicted molar refractivity (Wildman–Crippen MR) is 217 cm³/mol. The summed E-state index contributed by atoms with van der Waals surface area (Å²) in [4.78, 5) is 72.4. The quantitative estimate of drug-likeness (QED) is 0.139. The second kappa shape index (κ2) is 16.8. The van der Waals surface area contributed by atoms with Crippen molar-refractivity contribution in [2.24, 2.45) is 52.1 Å². The summed E-state index contributed by atoms with van der Waals surface area (Å²) < 4.78 is 4.30. The molecule has 11 nitrogen and oxygen atoms in total. The Hall–Kier alpha value is -3.80. The summed E-state index contributed by atoms with van der Waals surface area (Å²) in [6, 6.07) is 14.8. The number of nitrogens with zero attached hydrogens (tertiary/aromatic N) is 1. The average molecular weight is 824 g/mol. The molecule has 0 spiro atoms. The van der Waals surface area contributed by atoms with Gasteiger partial charge in [-0.3, -0.25) is 33.7 Å². The van der Waals surface area contributed by atoms with Crippen LogP contribution < -0.4 is 16.4 Å². The number of amides is 4. The van der Waals surface area contributed by atoms with Crippen LogP contribution in [0.3, 0.4) is 0 Å². The van der Waals surface area contributed by atoms with Gasteiger partial charge in [-0.05, 0) is 136 Å². The van der Waals surface area contributed by atoms with Crippen molar-refractivity contribution < 1.29 is 33.5 Å². The second-order valence-electron chi connectivity index (χ2n) is 18.1. The number of fused-ring (bicyclic) bond motifs is 2. The maximum Gasteiger partial charge on any atom is 0.319 e. The molecule has 0 bridgehead atoms. The fourth-order valence-electron chi connectivity index (χ4n) is 9.91. The Morgan fingerprint density at radius 2 is 1.14 bits per heavy atom. The SMILES string of the molecule is CC1(C)CC(=O)OC1=O.CCC(NC(=O)c1ccc(Cl)cc1)C1[C@H]2CC(N)C[C@@H]12.CCC(NC(=O)c1ccc(Cl)cc1)C1[C@H]2CC(N3C(=O)CC(C)(C)C3=O)C[C@@H]12. The molecule has 2 aromatic carbocycles. The smallest absolute Gasteiger partial charge is 0.319 e. The summed E-state index contributed by atoms with van der Waals surface area (Å²) in [7, 11) is 0. The minimum absolute atomic E-state index is 0.00258. The van der Waals surface area contributed by atoms with E-state index in [0.717, 1.165) is 50.4 Å². The molecule has 4 aliphatic carbocycles. The van der Waals surface area contributed by atoms with Gasteiger partial charge in [0.15, 0.2) is 0 Å². The van der Waals surface area contributed by atoms with Gasteiger partial charge in [0.05, 0.1) is 17.3 Å². The number of benzene rings is 2. The van der Waals surface area contributed by atoms with Crippen molar-refractivity contribution in [1.82, 2.24) is 15.5 Å². The summed E-state index contributed by atoms with van der Waals surface area (Å²) >= 11 is 11.7. The molecule has 308 valence electrons. The molecule has 6 fully saturated rings. The third-order valence-electron chi connectivity index (χ3n) is 13.1. The molecule has 2 aliphatic heterocycles. The zero-order valence-corrected chi connectivity index (χ0v) is 35.2. The van der Waals surface area contributed by atoms with E-state index in [2.05, 4.69) is 29.2 Å². The summed E-state index contributed by atoms with van der Waals surface area (Å²) in [5.41, 5.74) is 6.10. The number of esters is 2. The molecule has 6 aliphatic rings. The number of cyclic esters (lactones) is 2. The summed E-state index contributed by atoms with van der Waals surface area (Å²) in [5.74, 6) is 2.59. The van der Waals surface area contributed by atoms with Gasteiger partial charge in [-0.1, -0.05) is 50.9 Å². The maximum atomic E-state index is 12.6. The van der Waals surface area contributed by atoms with Crippen molar-refractivity contribution >= 4 is 58.8 Å². The van der Waals surface area contributed by atoms with Crippen molar-refractivity contribution in [3.05, 3.63) is 69.7 Å². The Morgan fingerprint density at radius 3 is 1.46 bits per heavy atom. The van der Waals surface area contributed by atoms with Crippen LogP contribution in [0.1, 0.15) is 114 Å². The third kappa shape index (κ3) is 9.42. The average Bonchev–Trinajstić information content (AvgIpc) is 3.73. The van der Waals surface area contributed by atoms with Crippen LogP contribution in [-0.2, 0) is 23.9 Å². The Bertz CT molecular complexity index is 1860. The molecule has 13 heteroatoms. The topological polar surface area (TPSA) is 165 Å². The molecule has 57 heavy (non-hydrogen) atoms. The van der Waals surface area contributed by atoms with Crippen LogP contribution in [-0.4, -0.2) is 64.6 Å². The molecular formula is C44H56Cl2N4O7. The minimum atomic E-state index is -0.586. The highest BCUT2D eigenvalue weighted by Gasteiger charge is 2.62. The minimum Gasteiger partial charge on any atom is -0.393 e. The van der Waals surface area contributed by atoms with Crippen LogP contribution in [0.5, 0.6) is 0 Å². The van der Waals surface area contributed by atoms with Crippen LogP contribution >= 0.6 is 23.2 Å². The first-order valence-electron chi connectivity index (χ1n) is 20.3. The molecule has 4 amide bonds. The lowest BCUT2D eigenvalue weighted by atomic mass is 9.92. The van der Waals surface area contributed by atoms with Gasteiger partial charge < -0.3 is 21.1 Å². The number of nitrogens with two attached hydrogens (primary N) is 1. The number of halogens is 2. The maximum absolute atomic E-state index is 12.6. The van der Waals surface area contributed by atoms with E-state index < -0.39 is 22.8 Å². The molecule has 0 radical (unpaired) electrons. The fraction of sp³-hybridized carbons (Fsp3) is 0.591. The molecule has 8 rings (SSSR count). The first-order valence-corrected chi connectivity index (χ1v) is 21.1. The molecule has 2 aromatic rings. The molecule has 10 atom stereocenters. The first kappa shape index (κ1) is 42.8. The van der Waals surface area contributed by atoms with Gasteiger partial charge in [-0.25, -0.2) is 0 Å². The van der Waals surface area contributed by atoms with Gasteiger partial charge in [-0.2, -0.15) is 0 Å². The van der Waals surface area contributed by atoms with Crippen molar-refractivity contribution in [2.45, 2.75) is 117 Å². The van der Waals surface area contributed by atoms with E-state index in [4.69, 9.17) is 28.9 Å². The number of hydrogen-bond donors (Lipinski definition) is 3. The molecule has 0 aromatic heterocycles. The van der Waals surface area contributed by atoms with Crippen LogP contribution in [0.15, 0.2) is 48.5 Å². The van der Waals surface area contributed by atoms with Crippen molar-refractivity contribution in [1.29, 1.82) is 0 Å². The van der Waals surface area contributed by atoms with Crippen molar-refractivity contribution in [3.63, 3.8) is 0 Å². The van der Waals surface area contributed by atoms with Crippen molar-refractivity contribution in [3.8, 4) is 0 Å². The van der Waals surface area contributed by atoms with E-state index in [1.807, 2.05) is 13.8 Å². The van der Waals surface area contributed by atoms with Crippen LogP contribution in [0.25, 0.3) is 0 Å². The number of ether oxygens (including phenoxy) is 1. The van der Waals surface area contributed by atoms with Gasteiger partial charge in [0, 0.05) is 51.8 Å². The van der Waals surface area contributed by atoms with E-state index >= 15 is 0 Å². The first-order chi connectivity index (χ1) is 26.8. The normalized spacial score (nSPS) is 30.8. The van der Waals surface area contributed by atoms with E-state index in [0.29, 0.717) is 57.3 Å². The lowest BCUT2D eigenvalue weighted by Gasteiger charge is -2.27. The largest absolute Gasteiger partial charge is 0.393 e. The van der Waals surface area contributed by atoms with Crippen LogP contribution in [0.4, 0.5) is 0 Å².